The number of carbonyl (C=O) groups excluding carboxylic acids is 1. The lowest BCUT2D eigenvalue weighted by Crippen LogP contribution is -2.29. The number of benzene rings is 2. The van der Waals surface area contributed by atoms with Crippen LogP contribution in [-0.2, 0) is 6.42 Å². The van der Waals surface area contributed by atoms with Gasteiger partial charge in [0.1, 0.15) is 11.3 Å². The SMILES string of the molecule is O=C(Nc1ccc2oc(N3CCCCC3)nc2c1)c1ccc2c(c1)CCCO2. The Labute approximate surface area is 163 Å². The summed E-state index contributed by atoms with van der Waals surface area (Å²) in [4.78, 5) is 19.5. The van der Waals surface area contributed by atoms with E-state index < -0.39 is 0 Å². The van der Waals surface area contributed by atoms with Gasteiger partial charge in [-0.2, -0.15) is 4.98 Å². The third-order valence-corrected chi connectivity index (χ3v) is 5.43. The second-order valence-corrected chi connectivity index (χ2v) is 7.46. The minimum atomic E-state index is -0.132. The highest BCUT2D eigenvalue weighted by Crippen LogP contribution is 2.28. The first kappa shape index (κ1) is 17.1. The molecule has 28 heavy (non-hydrogen) atoms. The summed E-state index contributed by atoms with van der Waals surface area (Å²) in [5, 5.41) is 2.97. The predicted molar refractivity (Wildman–Crippen MR) is 108 cm³/mol. The largest absolute Gasteiger partial charge is 0.493 e. The van der Waals surface area contributed by atoms with Gasteiger partial charge in [0.05, 0.1) is 6.61 Å². The summed E-state index contributed by atoms with van der Waals surface area (Å²) in [5.41, 5.74) is 3.95. The summed E-state index contributed by atoms with van der Waals surface area (Å²) in [6, 6.07) is 11.9. The average molecular weight is 377 g/mol. The van der Waals surface area contributed by atoms with Crippen LogP contribution in [0.15, 0.2) is 40.8 Å². The molecule has 0 radical (unpaired) electrons. The Hall–Kier alpha value is -3.02. The van der Waals surface area contributed by atoms with Gasteiger partial charge < -0.3 is 19.4 Å². The van der Waals surface area contributed by atoms with E-state index in [-0.39, 0.29) is 5.91 Å². The van der Waals surface area contributed by atoms with Crippen molar-refractivity contribution in [3.05, 3.63) is 47.5 Å². The molecule has 144 valence electrons. The fraction of sp³-hybridized carbons (Fsp3) is 0.364. The zero-order valence-electron chi connectivity index (χ0n) is 15.7. The van der Waals surface area contributed by atoms with Crippen LogP contribution in [0.5, 0.6) is 5.75 Å². The molecule has 3 heterocycles. The number of anilines is 2. The van der Waals surface area contributed by atoms with E-state index in [1.807, 2.05) is 36.4 Å². The number of oxazole rings is 1. The van der Waals surface area contributed by atoms with E-state index in [4.69, 9.17) is 9.15 Å². The van der Waals surface area contributed by atoms with Crippen molar-refractivity contribution in [2.75, 3.05) is 29.9 Å². The summed E-state index contributed by atoms with van der Waals surface area (Å²) in [7, 11) is 0. The maximum Gasteiger partial charge on any atom is 0.298 e. The number of hydrogen-bond acceptors (Lipinski definition) is 5. The van der Waals surface area contributed by atoms with E-state index >= 15 is 0 Å². The van der Waals surface area contributed by atoms with Crippen LogP contribution >= 0.6 is 0 Å². The molecule has 1 amide bonds. The lowest BCUT2D eigenvalue weighted by Gasteiger charge is -2.24. The van der Waals surface area contributed by atoms with Crippen molar-refractivity contribution in [2.45, 2.75) is 32.1 Å². The summed E-state index contributed by atoms with van der Waals surface area (Å²) in [6.45, 7) is 2.71. The smallest absolute Gasteiger partial charge is 0.298 e. The van der Waals surface area contributed by atoms with Gasteiger partial charge in [0.15, 0.2) is 5.58 Å². The maximum absolute atomic E-state index is 12.7. The van der Waals surface area contributed by atoms with Crippen LogP contribution in [0, 0.1) is 0 Å². The van der Waals surface area contributed by atoms with Crippen molar-refractivity contribution in [1.82, 2.24) is 4.98 Å². The zero-order valence-corrected chi connectivity index (χ0v) is 15.7. The first-order chi connectivity index (χ1) is 13.8. The number of aromatic nitrogens is 1. The summed E-state index contributed by atoms with van der Waals surface area (Å²) < 4.78 is 11.5. The molecule has 3 aromatic rings. The number of ether oxygens (including phenoxy) is 1. The van der Waals surface area contributed by atoms with Gasteiger partial charge in [0.25, 0.3) is 11.9 Å². The van der Waals surface area contributed by atoms with E-state index in [9.17, 15) is 4.79 Å². The normalized spacial score (nSPS) is 16.5. The van der Waals surface area contributed by atoms with Gasteiger partial charge in [-0.3, -0.25) is 4.79 Å². The Bertz CT molecular complexity index is 1020. The molecule has 2 aliphatic rings. The molecule has 0 atom stereocenters. The van der Waals surface area contributed by atoms with E-state index in [1.54, 1.807) is 0 Å². The van der Waals surface area contributed by atoms with Crippen LogP contribution in [-0.4, -0.2) is 30.6 Å². The lowest BCUT2D eigenvalue weighted by molar-refractivity contribution is 0.102. The molecule has 2 aromatic carbocycles. The van der Waals surface area contributed by atoms with Gasteiger partial charge in [-0.05, 0) is 74.1 Å². The number of aryl methyl sites for hydroxylation is 1. The Morgan fingerprint density at radius 1 is 1.04 bits per heavy atom. The molecule has 1 saturated heterocycles. The highest BCUT2D eigenvalue weighted by molar-refractivity contribution is 6.05. The van der Waals surface area contributed by atoms with E-state index in [0.29, 0.717) is 17.3 Å². The number of rotatable bonds is 3. The minimum Gasteiger partial charge on any atom is -0.493 e. The van der Waals surface area contributed by atoms with Crippen molar-refractivity contribution in [2.24, 2.45) is 0 Å². The van der Waals surface area contributed by atoms with Crippen molar-refractivity contribution < 1.29 is 13.9 Å². The molecule has 1 fully saturated rings. The maximum atomic E-state index is 12.7. The molecular formula is C22H23N3O3. The number of nitrogens with zero attached hydrogens (tertiary/aromatic N) is 2. The number of piperidine rings is 1. The Balaban J connectivity index is 1.35. The third kappa shape index (κ3) is 3.30. The monoisotopic (exact) mass is 377 g/mol. The molecule has 0 unspecified atom stereocenters. The first-order valence-electron chi connectivity index (χ1n) is 9.99. The molecule has 0 bridgehead atoms. The van der Waals surface area contributed by atoms with Crippen molar-refractivity contribution in [1.29, 1.82) is 0 Å². The molecule has 0 spiro atoms. The highest BCUT2D eigenvalue weighted by atomic mass is 16.5. The van der Waals surface area contributed by atoms with E-state index in [0.717, 1.165) is 55.0 Å². The topological polar surface area (TPSA) is 67.6 Å². The fourth-order valence-corrected chi connectivity index (χ4v) is 3.92. The molecule has 0 aliphatic carbocycles. The Morgan fingerprint density at radius 3 is 2.82 bits per heavy atom. The number of fused-ring (bicyclic) bond motifs is 2. The molecule has 2 aliphatic heterocycles. The van der Waals surface area contributed by atoms with Crippen LogP contribution in [0.4, 0.5) is 11.7 Å². The molecule has 0 saturated carbocycles. The van der Waals surface area contributed by atoms with Crippen LogP contribution < -0.4 is 15.0 Å². The van der Waals surface area contributed by atoms with Crippen LogP contribution in [0.1, 0.15) is 41.6 Å². The summed E-state index contributed by atoms with van der Waals surface area (Å²) >= 11 is 0. The zero-order chi connectivity index (χ0) is 18.9. The van der Waals surface area contributed by atoms with Crippen molar-refractivity contribution >= 4 is 28.7 Å². The first-order valence-corrected chi connectivity index (χ1v) is 9.99. The average Bonchev–Trinajstić information content (AvgIpc) is 3.17. The predicted octanol–water partition coefficient (Wildman–Crippen LogP) is 4.40. The molecule has 1 aromatic heterocycles. The quantitative estimate of drug-likeness (QED) is 0.733. The van der Waals surface area contributed by atoms with Gasteiger partial charge in [-0.1, -0.05) is 0 Å². The molecule has 6 nitrogen and oxygen atoms in total. The number of nitrogens with one attached hydrogen (secondary N) is 1. The Kier molecular flexibility index (Phi) is 4.39. The molecular weight excluding hydrogens is 354 g/mol. The summed E-state index contributed by atoms with van der Waals surface area (Å²) in [6.07, 6.45) is 5.54. The van der Waals surface area contributed by atoms with Crippen molar-refractivity contribution in [3.63, 3.8) is 0 Å². The Morgan fingerprint density at radius 2 is 1.93 bits per heavy atom. The van der Waals surface area contributed by atoms with Gasteiger partial charge in [-0.25, -0.2) is 0 Å². The molecule has 5 rings (SSSR count). The lowest BCUT2D eigenvalue weighted by atomic mass is 10.0. The van der Waals surface area contributed by atoms with E-state index in [1.165, 1.54) is 19.3 Å². The highest BCUT2D eigenvalue weighted by Gasteiger charge is 2.18. The van der Waals surface area contributed by atoms with Gasteiger partial charge in [0, 0.05) is 24.3 Å². The van der Waals surface area contributed by atoms with Crippen LogP contribution in [0.2, 0.25) is 0 Å². The third-order valence-electron chi connectivity index (χ3n) is 5.43. The van der Waals surface area contributed by atoms with E-state index in [2.05, 4.69) is 15.2 Å². The second-order valence-electron chi connectivity index (χ2n) is 7.46. The number of hydrogen-bond donors (Lipinski definition) is 1. The number of carbonyl (C=O) groups is 1. The van der Waals surface area contributed by atoms with Crippen molar-refractivity contribution in [3.8, 4) is 5.75 Å². The fourth-order valence-electron chi connectivity index (χ4n) is 3.92. The van der Waals surface area contributed by atoms with Gasteiger partial charge in [0.2, 0.25) is 0 Å². The van der Waals surface area contributed by atoms with Crippen LogP contribution in [0.3, 0.4) is 0 Å². The van der Waals surface area contributed by atoms with Gasteiger partial charge >= 0.3 is 0 Å². The molecule has 1 N–H and O–H groups in total. The second kappa shape index (κ2) is 7.19. The standard InChI is InChI=1S/C22H23N3O3/c26-21(16-6-8-19-15(13-16)5-4-12-27-19)23-17-7-9-20-18(14-17)24-22(28-20)25-10-2-1-3-11-25/h6-9,13-14H,1-5,10-12H2,(H,23,26). The van der Waals surface area contributed by atoms with Gasteiger partial charge in [-0.15, -0.1) is 0 Å². The minimum absolute atomic E-state index is 0.132. The molecule has 6 heteroatoms. The number of amides is 1. The van der Waals surface area contributed by atoms with Crippen LogP contribution in [0.25, 0.3) is 11.1 Å². The summed E-state index contributed by atoms with van der Waals surface area (Å²) in [5.74, 6) is 0.754.